The first-order valence-electron chi connectivity index (χ1n) is 5.40. The molecule has 1 atom stereocenters. The molecule has 3 N–H and O–H groups in total. The van der Waals surface area contributed by atoms with Crippen LogP contribution in [0.5, 0.6) is 5.75 Å². The summed E-state index contributed by atoms with van der Waals surface area (Å²) in [5, 5.41) is 8.67. The fourth-order valence-electron chi connectivity index (χ4n) is 1.84. The summed E-state index contributed by atoms with van der Waals surface area (Å²) in [6.07, 6.45) is 2.10. The second kappa shape index (κ2) is 4.53. The number of aryl methyl sites for hydroxylation is 1. The minimum Gasteiger partial charge on any atom is -0.493 e. The lowest BCUT2D eigenvalue weighted by atomic mass is 10.0. The zero-order valence-electron chi connectivity index (χ0n) is 8.98. The van der Waals surface area contributed by atoms with E-state index in [1.807, 2.05) is 12.1 Å². The van der Waals surface area contributed by atoms with Crippen molar-refractivity contribution in [2.45, 2.75) is 25.3 Å². The van der Waals surface area contributed by atoms with Crippen LogP contribution in [0.2, 0.25) is 0 Å². The van der Waals surface area contributed by atoms with Crippen LogP contribution in [0.3, 0.4) is 0 Å². The summed E-state index contributed by atoms with van der Waals surface area (Å²) in [5.41, 5.74) is 7.79. The van der Waals surface area contributed by atoms with Crippen LogP contribution in [0.25, 0.3) is 0 Å². The lowest BCUT2D eigenvalue weighted by Gasteiger charge is -2.07. The van der Waals surface area contributed by atoms with Gasteiger partial charge in [-0.15, -0.1) is 0 Å². The quantitative estimate of drug-likeness (QED) is 0.794. The van der Waals surface area contributed by atoms with E-state index in [0.29, 0.717) is 12.8 Å². The molecular formula is C12H15NO3. The monoisotopic (exact) mass is 221 g/mol. The number of nitrogens with two attached hydrogens (primary N) is 1. The SMILES string of the molecule is N[C@@H](CCc1ccc2c(c1)CCO2)C(=O)O. The van der Waals surface area contributed by atoms with Crippen molar-refractivity contribution in [3.63, 3.8) is 0 Å². The summed E-state index contributed by atoms with van der Waals surface area (Å²) in [7, 11) is 0. The second-order valence-electron chi connectivity index (χ2n) is 4.02. The van der Waals surface area contributed by atoms with Crippen LogP contribution in [0.15, 0.2) is 18.2 Å². The number of carbonyl (C=O) groups is 1. The largest absolute Gasteiger partial charge is 0.493 e. The van der Waals surface area contributed by atoms with Crippen molar-refractivity contribution in [2.24, 2.45) is 5.73 Å². The van der Waals surface area contributed by atoms with Gasteiger partial charge in [0.25, 0.3) is 0 Å². The normalized spacial score (nSPS) is 15.3. The molecule has 0 saturated carbocycles. The van der Waals surface area contributed by atoms with Gasteiger partial charge in [-0.1, -0.05) is 12.1 Å². The highest BCUT2D eigenvalue weighted by Gasteiger charge is 2.14. The van der Waals surface area contributed by atoms with E-state index in [2.05, 4.69) is 6.07 Å². The summed E-state index contributed by atoms with van der Waals surface area (Å²) >= 11 is 0. The highest BCUT2D eigenvalue weighted by atomic mass is 16.5. The summed E-state index contributed by atoms with van der Waals surface area (Å²) in [5.74, 6) is 0.00998. The Hall–Kier alpha value is -1.55. The number of benzene rings is 1. The molecule has 1 aliphatic heterocycles. The van der Waals surface area contributed by atoms with Gasteiger partial charge in [0.05, 0.1) is 6.61 Å². The maximum atomic E-state index is 10.6. The number of carboxylic acids is 1. The predicted molar refractivity (Wildman–Crippen MR) is 59.6 cm³/mol. The van der Waals surface area contributed by atoms with Crippen molar-refractivity contribution in [1.82, 2.24) is 0 Å². The van der Waals surface area contributed by atoms with Crippen molar-refractivity contribution in [3.8, 4) is 5.75 Å². The van der Waals surface area contributed by atoms with Crippen LogP contribution in [-0.2, 0) is 17.6 Å². The van der Waals surface area contributed by atoms with E-state index in [0.717, 1.165) is 24.3 Å². The summed E-state index contributed by atoms with van der Waals surface area (Å²) in [4.78, 5) is 10.6. The minimum absolute atomic E-state index is 0.467. The lowest BCUT2D eigenvalue weighted by Crippen LogP contribution is -2.30. The van der Waals surface area contributed by atoms with Gasteiger partial charge >= 0.3 is 5.97 Å². The first-order valence-corrected chi connectivity index (χ1v) is 5.40. The maximum Gasteiger partial charge on any atom is 0.320 e. The molecule has 16 heavy (non-hydrogen) atoms. The fraction of sp³-hybridized carbons (Fsp3) is 0.417. The Kier molecular flexibility index (Phi) is 3.10. The van der Waals surface area contributed by atoms with Crippen LogP contribution < -0.4 is 10.5 Å². The van der Waals surface area contributed by atoms with Gasteiger partial charge in [0.15, 0.2) is 0 Å². The summed E-state index contributed by atoms with van der Waals surface area (Å²) in [6, 6.07) is 5.23. The third-order valence-electron chi connectivity index (χ3n) is 2.82. The van der Waals surface area contributed by atoms with Crippen molar-refractivity contribution in [3.05, 3.63) is 29.3 Å². The number of rotatable bonds is 4. The van der Waals surface area contributed by atoms with Crippen LogP contribution in [0.1, 0.15) is 17.5 Å². The highest BCUT2D eigenvalue weighted by molar-refractivity contribution is 5.73. The molecule has 4 nitrogen and oxygen atoms in total. The molecule has 1 aromatic rings. The van der Waals surface area contributed by atoms with E-state index in [1.54, 1.807) is 0 Å². The summed E-state index contributed by atoms with van der Waals surface area (Å²) in [6.45, 7) is 0.743. The Morgan fingerprint density at radius 3 is 3.12 bits per heavy atom. The molecule has 1 heterocycles. The highest BCUT2D eigenvalue weighted by Crippen LogP contribution is 2.26. The first-order chi connectivity index (χ1) is 7.66. The molecule has 0 saturated heterocycles. The molecule has 0 amide bonds. The number of hydrogen-bond donors (Lipinski definition) is 2. The van der Waals surface area contributed by atoms with Gasteiger partial charge in [0, 0.05) is 6.42 Å². The number of ether oxygens (including phenoxy) is 1. The van der Waals surface area contributed by atoms with Gasteiger partial charge in [-0.25, -0.2) is 0 Å². The Morgan fingerprint density at radius 2 is 2.38 bits per heavy atom. The Bertz CT molecular complexity index is 403. The van der Waals surface area contributed by atoms with Gasteiger partial charge in [-0.05, 0) is 30.0 Å². The van der Waals surface area contributed by atoms with E-state index in [4.69, 9.17) is 15.6 Å². The van der Waals surface area contributed by atoms with Crippen molar-refractivity contribution in [2.75, 3.05) is 6.61 Å². The van der Waals surface area contributed by atoms with Gasteiger partial charge < -0.3 is 15.6 Å². The van der Waals surface area contributed by atoms with Crippen LogP contribution in [0, 0.1) is 0 Å². The molecule has 86 valence electrons. The topological polar surface area (TPSA) is 72.5 Å². The lowest BCUT2D eigenvalue weighted by molar-refractivity contribution is -0.138. The maximum absolute atomic E-state index is 10.6. The average molecular weight is 221 g/mol. The minimum atomic E-state index is -0.940. The summed E-state index contributed by atoms with van der Waals surface area (Å²) < 4.78 is 5.40. The number of aliphatic carboxylic acids is 1. The van der Waals surface area contributed by atoms with E-state index in [9.17, 15) is 4.79 Å². The molecule has 1 aliphatic rings. The molecule has 0 aliphatic carbocycles. The molecule has 4 heteroatoms. The number of fused-ring (bicyclic) bond motifs is 1. The molecule has 0 fully saturated rings. The van der Waals surface area contributed by atoms with Crippen LogP contribution in [-0.4, -0.2) is 23.7 Å². The molecule has 2 rings (SSSR count). The van der Waals surface area contributed by atoms with E-state index < -0.39 is 12.0 Å². The van der Waals surface area contributed by atoms with Gasteiger partial charge in [0.1, 0.15) is 11.8 Å². The van der Waals surface area contributed by atoms with Gasteiger partial charge in [-0.2, -0.15) is 0 Å². The molecule has 0 unspecified atom stereocenters. The molecule has 0 aromatic heterocycles. The van der Waals surface area contributed by atoms with E-state index in [1.165, 1.54) is 5.56 Å². The van der Waals surface area contributed by atoms with Crippen LogP contribution in [0.4, 0.5) is 0 Å². The van der Waals surface area contributed by atoms with Crippen molar-refractivity contribution < 1.29 is 14.6 Å². The second-order valence-corrected chi connectivity index (χ2v) is 4.02. The molecule has 0 bridgehead atoms. The van der Waals surface area contributed by atoms with Gasteiger partial charge in [0.2, 0.25) is 0 Å². The van der Waals surface area contributed by atoms with Crippen LogP contribution >= 0.6 is 0 Å². The molecular weight excluding hydrogens is 206 g/mol. The van der Waals surface area contributed by atoms with E-state index >= 15 is 0 Å². The molecule has 1 aromatic carbocycles. The third-order valence-corrected chi connectivity index (χ3v) is 2.82. The smallest absolute Gasteiger partial charge is 0.320 e. The Morgan fingerprint density at radius 1 is 1.56 bits per heavy atom. The average Bonchev–Trinajstić information content (AvgIpc) is 2.72. The standard InChI is InChI=1S/C12H15NO3/c13-10(12(14)15)3-1-8-2-4-11-9(7-8)5-6-16-11/h2,4,7,10H,1,3,5-6,13H2,(H,14,15)/t10-/m0/s1. The molecule has 0 radical (unpaired) electrons. The van der Waals surface area contributed by atoms with Crippen molar-refractivity contribution >= 4 is 5.97 Å². The predicted octanol–water partition coefficient (Wildman–Crippen LogP) is 0.966. The Balaban J connectivity index is 1.98. The zero-order valence-corrected chi connectivity index (χ0v) is 8.98. The van der Waals surface area contributed by atoms with Gasteiger partial charge in [-0.3, -0.25) is 4.79 Å². The van der Waals surface area contributed by atoms with Crippen molar-refractivity contribution in [1.29, 1.82) is 0 Å². The zero-order chi connectivity index (χ0) is 11.5. The number of hydrogen-bond acceptors (Lipinski definition) is 3. The first kappa shape index (κ1) is 11.0. The number of carboxylic acid groups (broad SMARTS) is 1. The van der Waals surface area contributed by atoms with E-state index in [-0.39, 0.29) is 0 Å². The third kappa shape index (κ3) is 2.33. The molecule has 0 spiro atoms. The fourth-order valence-corrected chi connectivity index (χ4v) is 1.84. The Labute approximate surface area is 94.0 Å².